The SMILES string of the molecule is CC(C)(N)C(C)(C)C(=O)NC(N)=O. The molecule has 0 aliphatic carbocycles. The van der Waals surface area contributed by atoms with E-state index in [1.54, 1.807) is 27.7 Å². The Morgan fingerprint density at radius 1 is 1.15 bits per heavy atom. The smallest absolute Gasteiger partial charge is 0.318 e. The van der Waals surface area contributed by atoms with Gasteiger partial charge >= 0.3 is 6.03 Å². The number of urea groups is 1. The van der Waals surface area contributed by atoms with Crippen LogP contribution in [0.2, 0.25) is 0 Å². The molecule has 0 radical (unpaired) electrons. The summed E-state index contributed by atoms with van der Waals surface area (Å²) in [6.45, 7) is 6.75. The van der Waals surface area contributed by atoms with Crippen LogP contribution in [-0.2, 0) is 4.79 Å². The number of hydrogen-bond donors (Lipinski definition) is 3. The molecule has 0 spiro atoms. The van der Waals surface area contributed by atoms with Gasteiger partial charge in [-0.1, -0.05) is 0 Å². The second kappa shape index (κ2) is 3.33. The summed E-state index contributed by atoms with van der Waals surface area (Å²) in [6.07, 6.45) is 0. The van der Waals surface area contributed by atoms with E-state index in [4.69, 9.17) is 11.5 Å². The minimum atomic E-state index is -0.859. The topological polar surface area (TPSA) is 98.2 Å². The molecule has 0 aromatic heterocycles. The van der Waals surface area contributed by atoms with Crippen molar-refractivity contribution in [3.05, 3.63) is 0 Å². The first-order valence-corrected chi connectivity index (χ1v) is 3.99. The largest absolute Gasteiger partial charge is 0.351 e. The highest BCUT2D eigenvalue weighted by Crippen LogP contribution is 2.27. The molecule has 76 valence electrons. The summed E-state index contributed by atoms with van der Waals surface area (Å²) in [7, 11) is 0. The van der Waals surface area contributed by atoms with Gasteiger partial charge in [-0.2, -0.15) is 0 Å². The molecule has 5 heteroatoms. The Kier molecular flexibility index (Phi) is 3.05. The van der Waals surface area contributed by atoms with E-state index in [2.05, 4.69) is 0 Å². The number of imide groups is 1. The first kappa shape index (κ1) is 11.9. The molecule has 0 aliphatic rings. The zero-order valence-corrected chi connectivity index (χ0v) is 8.47. The Morgan fingerprint density at radius 2 is 1.54 bits per heavy atom. The monoisotopic (exact) mass is 187 g/mol. The van der Waals surface area contributed by atoms with Gasteiger partial charge < -0.3 is 11.5 Å². The minimum Gasteiger partial charge on any atom is -0.351 e. The molecule has 0 rings (SSSR count). The molecule has 0 saturated carbocycles. The maximum Gasteiger partial charge on any atom is 0.318 e. The Hall–Kier alpha value is -1.10. The highest BCUT2D eigenvalue weighted by atomic mass is 16.2. The molecular formula is C8H17N3O2. The van der Waals surface area contributed by atoms with Gasteiger partial charge in [0.2, 0.25) is 5.91 Å². The number of nitrogens with two attached hydrogens (primary N) is 2. The van der Waals surface area contributed by atoms with Gasteiger partial charge in [0.15, 0.2) is 0 Å². The van der Waals surface area contributed by atoms with Gasteiger partial charge in [0.1, 0.15) is 0 Å². The Balaban J connectivity index is 4.65. The summed E-state index contributed by atoms with van der Waals surface area (Å²) in [6, 6.07) is -0.859. The van der Waals surface area contributed by atoms with Crippen molar-refractivity contribution in [1.82, 2.24) is 5.32 Å². The third-order valence-electron chi connectivity index (χ3n) is 2.42. The molecule has 5 nitrogen and oxygen atoms in total. The Morgan fingerprint density at radius 3 is 1.77 bits per heavy atom. The zero-order valence-electron chi connectivity index (χ0n) is 8.47. The summed E-state index contributed by atoms with van der Waals surface area (Å²) < 4.78 is 0. The quantitative estimate of drug-likeness (QED) is 0.565. The molecule has 0 bridgehead atoms. The molecule has 5 N–H and O–H groups in total. The van der Waals surface area contributed by atoms with Crippen molar-refractivity contribution in [3.63, 3.8) is 0 Å². The van der Waals surface area contributed by atoms with E-state index in [1.165, 1.54) is 0 Å². The fourth-order valence-electron chi connectivity index (χ4n) is 0.561. The summed E-state index contributed by atoms with van der Waals surface area (Å²) in [5, 5.41) is 2.01. The van der Waals surface area contributed by atoms with E-state index in [1.807, 2.05) is 5.32 Å². The molecule has 0 unspecified atom stereocenters. The summed E-state index contributed by atoms with van der Waals surface area (Å²) in [4.78, 5) is 21.9. The predicted octanol–water partition coefficient (Wildman–Crippen LogP) is -0.0552. The van der Waals surface area contributed by atoms with E-state index in [-0.39, 0.29) is 0 Å². The number of amides is 3. The fraction of sp³-hybridized carbons (Fsp3) is 0.750. The highest BCUT2D eigenvalue weighted by molar-refractivity contribution is 5.96. The van der Waals surface area contributed by atoms with Crippen LogP contribution in [0.5, 0.6) is 0 Å². The lowest BCUT2D eigenvalue weighted by molar-refractivity contribution is -0.130. The van der Waals surface area contributed by atoms with E-state index < -0.39 is 22.9 Å². The normalized spacial score (nSPS) is 12.4. The van der Waals surface area contributed by atoms with Crippen molar-refractivity contribution in [3.8, 4) is 0 Å². The summed E-state index contributed by atoms with van der Waals surface area (Å²) >= 11 is 0. The average molecular weight is 187 g/mol. The van der Waals surface area contributed by atoms with Gasteiger partial charge in [0.05, 0.1) is 5.41 Å². The Bertz CT molecular complexity index is 228. The van der Waals surface area contributed by atoms with E-state index in [0.29, 0.717) is 0 Å². The van der Waals surface area contributed by atoms with Crippen LogP contribution >= 0.6 is 0 Å². The van der Waals surface area contributed by atoms with Crippen molar-refractivity contribution >= 4 is 11.9 Å². The highest BCUT2D eigenvalue weighted by Gasteiger charge is 2.40. The second-order valence-electron chi connectivity index (χ2n) is 4.17. The van der Waals surface area contributed by atoms with Crippen LogP contribution in [0.1, 0.15) is 27.7 Å². The lowest BCUT2D eigenvalue weighted by Gasteiger charge is -2.36. The van der Waals surface area contributed by atoms with Crippen LogP contribution in [-0.4, -0.2) is 17.5 Å². The van der Waals surface area contributed by atoms with Crippen molar-refractivity contribution in [2.24, 2.45) is 16.9 Å². The van der Waals surface area contributed by atoms with Crippen LogP contribution in [0.15, 0.2) is 0 Å². The molecule has 13 heavy (non-hydrogen) atoms. The van der Waals surface area contributed by atoms with Crippen LogP contribution in [0, 0.1) is 5.41 Å². The summed E-state index contributed by atoms with van der Waals surface area (Å²) in [5.74, 6) is -0.465. The van der Waals surface area contributed by atoms with Gasteiger partial charge in [0, 0.05) is 5.54 Å². The fourth-order valence-corrected chi connectivity index (χ4v) is 0.561. The maximum absolute atomic E-state index is 11.4. The first-order valence-electron chi connectivity index (χ1n) is 3.99. The van der Waals surface area contributed by atoms with Gasteiger partial charge in [-0.05, 0) is 27.7 Å². The van der Waals surface area contributed by atoms with E-state index in [9.17, 15) is 9.59 Å². The predicted molar refractivity (Wildman–Crippen MR) is 49.8 cm³/mol. The van der Waals surface area contributed by atoms with Gasteiger partial charge in [0.25, 0.3) is 0 Å². The molecular weight excluding hydrogens is 170 g/mol. The molecule has 0 aliphatic heterocycles. The number of rotatable bonds is 2. The minimum absolute atomic E-state index is 0.465. The lowest BCUT2D eigenvalue weighted by Crippen LogP contribution is -2.57. The van der Waals surface area contributed by atoms with Gasteiger partial charge in [-0.25, -0.2) is 4.79 Å². The zero-order chi connectivity index (χ0) is 10.9. The molecule has 0 aromatic carbocycles. The lowest BCUT2D eigenvalue weighted by atomic mass is 9.74. The van der Waals surface area contributed by atoms with Crippen molar-refractivity contribution in [1.29, 1.82) is 0 Å². The van der Waals surface area contributed by atoms with Crippen molar-refractivity contribution in [2.45, 2.75) is 33.2 Å². The molecule has 0 atom stereocenters. The molecule has 3 amide bonds. The van der Waals surface area contributed by atoms with Crippen molar-refractivity contribution < 1.29 is 9.59 Å². The number of primary amides is 1. The van der Waals surface area contributed by atoms with Crippen LogP contribution in [0.25, 0.3) is 0 Å². The van der Waals surface area contributed by atoms with Crippen LogP contribution in [0.4, 0.5) is 4.79 Å². The van der Waals surface area contributed by atoms with Crippen molar-refractivity contribution in [2.75, 3.05) is 0 Å². The van der Waals surface area contributed by atoms with Crippen LogP contribution in [0.3, 0.4) is 0 Å². The summed E-state index contributed by atoms with van der Waals surface area (Å²) in [5.41, 5.74) is 9.04. The second-order valence-corrected chi connectivity index (χ2v) is 4.17. The number of carbonyl (C=O) groups excluding carboxylic acids is 2. The Labute approximate surface area is 77.8 Å². The van der Waals surface area contributed by atoms with E-state index >= 15 is 0 Å². The van der Waals surface area contributed by atoms with Crippen LogP contribution < -0.4 is 16.8 Å². The standard InChI is InChI=1S/C8H17N3O2/c1-7(2,8(3,4)10)5(12)11-6(9)13/h10H2,1-4H3,(H3,9,11,12,13). The number of nitrogens with one attached hydrogen (secondary N) is 1. The molecule has 0 fully saturated rings. The first-order chi connectivity index (χ1) is 5.59. The van der Waals surface area contributed by atoms with Gasteiger partial charge in [-0.15, -0.1) is 0 Å². The number of hydrogen-bond acceptors (Lipinski definition) is 3. The number of carbonyl (C=O) groups is 2. The van der Waals surface area contributed by atoms with E-state index in [0.717, 1.165) is 0 Å². The third kappa shape index (κ3) is 2.69. The molecule has 0 saturated heterocycles. The molecule has 0 aromatic rings. The average Bonchev–Trinajstić information content (AvgIpc) is 1.82. The van der Waals surface area contributed by atoms with Gasteiger partial charge in [-0.3, -0.25) is 10.1 Å². The molecule has 0 heterocycles. The maximum atomic E-state index is 11.4. The third-order valence-corrected chi connectivity index (χ3v) is 2.42.